The number of aromatic nitrogens is 1. The van der Waals surface area contributed by atoms with E-state index >= 15 is 0 Å². The highest BCUT2D eigenvalue weighted by atomic mass is 16.5. The highest BCUT2D eigenvalue weighted by Gasteiger charge is 2.72. The number of piperidine rings is 1. The molecule has 0 radical (unpaired) electrons. The number of fused-ring (bicyclic) bond motifs is 4. The molecular formula is C32H30N2O2. The van der Waals surface area contributed by atoms with Gasteiger partial charge in [0.25, 0.3) is 0 Å². The second-order valence-electron chi connectivity index (χ2n) is 12.1. The lowest BCUT2D eigenvalue weighted by atomic mass is 9.48. The number of rotatable bonds is 0. The molecule has 1 N–H and O–H groups in total. The molecule has 1 saturated heterocycles. The zero-order valence-corrected chi connectivity index (χ0v) is 21.1. The Hall–Kier alpha value is -2.95. The van der Waals surface area contributed by atoms with Gasteiger partial charge in [-0.3, -0.25) is 0 Å². The van der Waals surface area contributed by atoms with Crippen LogP contribution in [0.4, 0.5) is 0 Å². The summed E-state index contributed by atoms with van der Waals surface area (Å²) in [5.74, 6) is 1.01. The van der Waals surface area contributed by atoms with E-state index in [2.05, 4.69) is 62.2 Å². The minimum absolute atomic E-state index is 0.0820. The lowest BCUT2D eigenvalue weighted by molar-refractivity contribution is -0.168. The third-order valence-corrected chi connectivity index (χ3v) is 10.8. The number of pyridine rings is 1. The van der Waals surface area contributed by atoms with E-state index in [4.69, 9.17) is 9.72 Å². The molecule has 180 valence electrons. The normalized spacial score (nSPS) is 31.0. The maximum Gasteiger partial charge on any atom is 0.153 e. The first-order chi connectivity index (χ1) is 17.4. The highest BCUT2D eigenvalue weighted by molar-refractivity contribution is 6.10. The Morgan fingerprint density at radius 2 is 1.92 bits per heavy atom. The third-order valence-electron chi connectivity index (χ3n) is 10.8. The second kappa shape index (κ2) is 6.12. The predicted molar refractivity (Wildman–Crippen MR) is 141 cm³/mol. The number of likely N-dealkylation sites (tertiary alicyclic amines) is 1. The van der Waals surface area contributed by atoms with Gasteiger partial charge in [-0.2, -0.15) is 0 Å². The Morgan fingerprint density at radius 1 is 1.06 bits per heavy atom. The molecule has 0 amide bonds. The number of hydrogen-bond acceptors (Lipinski definition) is 4. The summed E-state index contributed by atoms with van der Waals surface area (Å²) in [5.41, 5.74) is 10.0. The topological polar surface area (TPSA) is 45.6 Å². The molecule has 2 aliphatic heterocycles. The predicted octanol–water partition coefficient (Wildman–Crippen LogP) is 5.02. The zero-order valence-electron chi connectivity index (χ0n) is 21.1. The highest BCUT2D eigenvalue weighted by Crippen LogP contribution is 2.67. The molecule has 1 spiro atoms. The van der Waals surface area contributed by atoms with Crippen molar-refractivity contribution in [1.29, 1.82) is 0 Å². The molecule has 4 heteroatoms. The molecule has 0 unspecified atom stereocenters. The molecule has 2 bridgehead atoms. The summed E-state index contributed by atoms with van der Waals surface area (Å²) in [6.45, 7) is 5.37. The van der Waals surface area contributed by atoms with Crippen LogP contribution in [-0.4, -0.2) is 40.2 Å². The average Bonchev–Trinajstić information content (AvgIpc) is 3.45. The number of benzene rings is 3. The van der Waals surface area contributed by atoms with Gasteiger partial charge in [-0.05, 0) is 98.0 Å². The van der Waals surface area contributed by atoms with Crippen molar-refractivity contribution in [3.05, 3.63) is 81.0 Å². The van der Waals surface area contributed by atoms with Gasteiger partial charge in [-0.15, -0.1) is 0 Å². The molecule has 0 saturated carbocycles. The van der Waals surface area contributed by atoms with E-state index in [0.717, 1.165) is 49.2 Å². The van der Waals surface area contributed by atoms with E-state index in [1.165, 1.54) is 55.1 Å². The zero-order chi connectivity index (χ0) is 24.1. The van der Waals surface area contributed by atoms with E-state index in [1.807, 2.05) is 0 Å². The van der Waals surface area contributed by atoms with E-state index in [0.29, 0.717) is 6.42 Å². The molecule has 3 aliphatic carbocycles. The van der Waals surface area contributed by atoms with Gasteiger partial charge in [0, 0.05) is 28.8 Å². The van der Waals surface area contributed by atoms with E-state index in [-0.39, 0.29) is 12.1 Å². The summed E-state index contributed by atoms with van der Waals surface area (Å²) >= 11 is 0. The van der Waals surface area contributed by atoms with Gasteiger partial charge in [-0.25, -0.2) is 4.98 Å². The fraction of sp³-hybridized carbons (Fsp3) is 0.406. The van der Waals surface area contributed by atoms with Gasteiger partial charge in [0.2, 0.25) is 0 Å². The summed E-state index contributed by atoms with van der Waals surface area (Å²) in [5, 5.41) is 16.8. The average molecular weight is 475 g/mol. The number of nitrogens with zero attached hydrogens (tertiary/aromatic N) is 2. The van der Waals surface area contributed by atoms with Crippen LogP contribution in [0.25, 0.3) is 21.7 Å². The fourth-order valence-electron chi connectivity index (χ4n) is 9.04. The Balaban J connectivity index is 1.41. The van der Waals surface area contributed by atoms with Crippen LogP contribution in [0.5, 0.6) is 5.75 Å². The molecule has 4 nitrogen and oxygen atoms in total. The Kier molecular flexibility index (Phi) is 3.43. The van der Waals surface area contributed by atoms with Gasteiger partial charge in [0.1, 0.15) is 5.75 Å². The van der Waals surface area contributed by atoms with E-state index < -0.39 is 11.0 Å². The quantitative estimate of drug-likeness (QED) is 0.364. The smallest absolute Gasteiger partial charge is 0.153 e. The first-order valence-corrected chi connectivity index (χ1v) is 13.5. The van der Waals surface area contributed by atoms with Crippen molar-refractivity contribution >= 4 is 21.7 Å². The number of likely N-dealkylation sites (N-methyl/N-ethyl adjacent to an activating group) is 1. The maximum absolute atomic E-state index is 12.8. The molecule has 9 rings (SSSR count). The summed E-state index contributed by atoms with van der Waals surface area (Å²) in [7, 11) is 2.19. The Bertz CT molecular complexity index is 1710. The maximum atomic E-state index is 12.8. The van der Waals surface area contributed by atoms with E-state index in [9.17, 15) is 5.11 Å². The minimum Gasteiger partial charge on any atom is -0.482 e. The van der Waals surface area contributed by atoms with Crippen molar-refractivity contribution in [3.63, 3.8) is 0 Å². The summed E-state index contributed by atoms with van der Waals surface area (Å²) in [6, 6.07) is 13.7. The molecule has 4 aromatic rings. The van der Waals surface area contributed by atoms with Crippen molar-refractivity contribution in [1.82, 2.24) is 9.88 Å². The summed E-state index contributed by atoms with van der Waals surface area (Å²) in [4.78, 5) is 7.90. The third kappa shape index (κ3) is 1.98. The monoisotopic (exact) mass is 474 g/mol. The van der Waals surface area contributed by atoms with Crippen LogP contribution < -0.4 is 4.74 Å². The van der Waals surface area contributed by atoms with Crippen LogP contribution in [0.15, 0.2) is 36.4 Å². The Labute approximate surface area is 210 Å². The van der Waals surface area contributed by atoms with Crippen LogP contribution in [0.3, 0.4) is 0 Å². The van der Waals surface area contributed by atoms with Gasteiger partial charge >= 0.3 is 0 Å². The van der Waals surface area contributed by atoms with Crippen LogP contribution >= 0.6 is 0 Å². The van der Waals surface area contributed by atoms with Gasteiger partial charge in [-0.1, -0.05) is 30.3 Å². The van der Waals surface area contributed by atoms with Crippen molar-refractivity contribution in [3.8, 4) is 5.75 Å². The molecule has 5 aliphatic rings. The second-order valence-corrected chi connectivity index (χ2v) is 12.1. The van der Waals surface area contributed by atoms with Gasteiger partial charge in [0.15, 0.2) is 6.10 Å². The largest absolute Gasteiger partial charge is 0.482 e. The van der Waals surface area contributed by atoms with Crippen LogP contribution in [0.2, 0.25) is 0 Å². The van der Waals surface area contributed by atoms with Crippen molar-refractivity contribution in [2.24, 2.45) is 0 Å². The minimum atomic E-state index is -0.870. The van der Waals surface area contributed by atoms with Crippen molar-refractivity contribution < 1.29 is 9.84 Å². The molecule has 1 aromatic heterocycles. The van der Waals surface area contributed by atoms with Crippen molar-refractivity contribution in [2.45, 2.75) is 69.1 Å². The standard InChI is InChI=1S/C32H30N2O2/c1-16-7-8-20-14-24-32(35)15-23-17(2)22-13-19-10-9-18-5-4-6-21(25(18)19)27(22)33-28(23)30-31(32,11-12-34(24)3)26(20)29(16)36-30/h4-8,13,24,30,35H,9-12,14-15H2,1-3H3/t24-,30+,31+,32-/m1/s1. The lowest BCUT2D eigenvalue weighted by Gasteiger charge is -2.62. The van der Waals surface area contributed by atoms with Crippen LogP contribution in [0, 0.1) is 13.8 Å². The first kappa shape index (κ1) is 20.1. The van der Waals surface area contributed by atoms with E-state index in [1.54, 1.807) is 0 Å². The molecular weight excluding hydrogens is 444 g/mol. The SMILES string of the molecule is Cc1ccc2c3c1O[C@H]1c4nc5c(cc6c7c(cccc75)CC6)c(C)c4C[C@@]4(O)[C@@H](C2)N(C)CC[C@]314. The van der Waals surface area contributed by atoms with Crippen molar-refractivity contribution in [2.75, 3.05) is 13.6 Å². The number of aryl methyl sites for hydroxylation is 4. The number of ether oxygens (including phenoxy) is 1. The molecule has 36 heavy (non-hydrogen) atoms. The number of aliphatic hydroxyl groups is 1. The summed E-state index contributed by atoms with van der Waals surface area (Å²) in [6.07, 6.45) is 4.38. The Morgan fingerprint density at radius 3 is 2.81 bits per heavy atom. The van der Waals surface area contributed by atoms with Gasteiger partial charge in [0.05, 0.1) is 22.2 Å². The molecule has 4 atom stereocenters. The van der Waals surface area contributed by atoms with Crippen LogP contribution in [0.1, 0.15) is 57.2 Å². The van der Waals surface area contributed by atoms with Crippen LogP contribution in [-0.2, 0) is 31.1 Å². The summed E-state index contributed by atoms with van der Waals surface area (Å²) < 4.78 is 6.97. The molecule has 3 aromatic carbocycles. The fourth-order valence-corrected chi connectivity index (χ4v) is 9.04. The number of hydrogen-bond donors (Lipinski definition) is 1. The molecule has 1 fully saturated rings. The van der Waals surface area contributed by atoms with Gasteiger partial charge < -0.3 is 14.7 Å². The first-order valence-electron chi connectivity index (χ1n) is 13.5. The molecule has 3 heterocycles. The lowest BCUT2D eigenvalue weighted by Crippen LogP contribution is -2.74.